The zero-order valence-corrected chi connectivity index (χ0v) is 12.9. The van der Waals surface area contributed by atoms with E-state index in [-0.39, 0.29) is 17.5 Å². The first kappa shape index (κ1) is 15.7. The van der Waals surface area contributed by atoms with Gasteiger partial charge in [-0.1, -0.05) is 25.5 Å². The van der Waals surface area contributed by atoms with Crippen molar-refractivity contribution >= 4 is 11.6 Å². The Morgan fingerprint density at radius 3 is 2.48 bits per heavy atom. The van der Waals surface area contributed by atoms with Crippen LogP contribution in [0.25, 0.3) is 0 Å². The normalized spacial score (nSPS) is 22.1. The maximum Gasteiger partial charge on any atom is 0.147 e. The molecule has 0 amide bonds. The Labute approximate surface area is 126 Å². The van der Waals surface area contributed by atoms with Gasteiger partial charge < -0.3 is 4.74 Å². The van der Waals surface area contributed by atoms with Crippen LogP contribution in [0.1, 0.15) is 45.1 Å². The molecule has 3 heteroatoms. The van der Waals surface area contributed by atoms with Crippen LogP contribution in [0, 0.1) is 11.8 Å². The fourth-order valence-corrected chi connectivity index (χ4v) is 2.98. The maximum atomic E-state index is 12.3. The third-order valence-electron chi connectivity index (χ3n) is 4.32. The van der Waals surface area contributed by atoms with Crippen LogP contribution in [0.2, 0.25) is 0 Å². The van der Waals surface area contributed by atoms with Gasteiger partial charge in [-0.05, 0) is 43.4 Å². The van der Waals surface area contributed by atoms with Gasteiger partial charge in [-0.25, -0.2) is 0 Å². The number of ketones is 2. The molecule has 2 unspecified atom stereocenters. The van der Waals surface area contributed by atoms with E-state index in [2.05, 4.69) is 6.92 Å². The molecule has 0 N–H and O–H groups in total. The predicted molar refractivity (Wildman–Crippen MR) is 82.5 cm³/mol. The van der Waals surface area contributed by atoms with E-state index in [1.807, 2.05) is 31.2 Å². The van der Waals surface area contributed by atoms with Crippen molar-refractivity contribution in [2.45, 2.75) is 46.0 Å². The molecule has 0 bridgehead atoms. The molecule has 0 saturated heterocycles. The Morgan fingerprint density at radius 2 is 1.90 bits per heavy atom. The molecule has 21 heavy (non-hydrogen) atoms. The Morgan fingerprint density at radius 1 is 1.19 bits per heavy atom. The average molecular weight is 288 g/mol. The van der Waals surface area contributed by atoms with Crippen molar-refractivity contribution in [3.8, 4) is 5.75 Å². The Kier molecular flexibility index (Phi) is 5.54. The summed E-state index contributed by atoms with van der Waals surface area (Å²) in [5.41, 5.74) is 0.953. The molecule has 3 nitrogen and oxygen atoms in total. The number of carbonyl (C=O) groups is 2. The molecule has 1 saturated carbocycles. The number of hydrogen-bond donors (Lipinski definition) is 0. The first-order valence-electron chi connectivity index (χ1n) is 7.91. The molecule has 1 aliphatic rings. The molecular formula is C18H24O3. The molecule has 0 aromatic heterocycles. The van der Waals surface area contributed by atoms with E-state index >= 15 is 0 Å². The van der Waals surface area contributed by atoms with Crippen molar-refractivity contribution < 1.29 is 14.3 Å². The second-order valence-electron chi connectivity index (χ2n) is 5.79. The number of Topliss-reactive ketones (excluding diaryl/α,β-unsaturated/α-hetero) is 2. The molecule has 2 atom stereocenters. The van der Waals surface area contributed by atoms with Gasteiger partial charge in [0.25, 0.3) is 0 Å². The molecule has 0 spiro atoms. The van der Waals surface area contributed by atoms with Gasteiger partial charge in [-0.2, -0.15) is 0 Å². The van der Waals surface area contributed by atoms with Crippen LogP contribution in [0.3, 0.4) is 0 Å². The molecule has 1 aliphatic carbocycles. The lowest BCUT2D eigenvalue weighted by atomic mass is 9.77. The summed E-state index contributed by atoms with van der Waals surface area (Å²) in [4.78, 5) is 24.4. The third-order valence-corrected chi connectivity index (χ3v) is 4.32. The van der Waals surface area contributed by atoms with E-state index < -0.39 is 0 Å². The zero-order chi connectivity index (χ0) is 15.2. The van der Waals surface area contributed by atoms with Crippen molar-refractivity contribution in [2.24, 2.45) is 11.8 Å². The van der Waals surface area contributed by atoms with Gasteiger partial charge in [-0.15, -0.1) is 0 Å². The van der Waals surface area contributed by atoms with Crippen LogP contribution < -0.4 is 4.74 Å². The first-order chi connectivity index (χ1) is 10.1. The van der Waals surface area contributed by atoms with Crippen LogP contribution in [0.4, 0.5) is 0 Å². The lowest BCUT2D eigenvalue weighted by Crippen LogP contribution is -2.31. The van der Waals surface area contributed by atoms with E-state index in [4.69, 9.17) is 4.74 Å². The summed E-state index contributed by atoms with van der Waals surface area (Å²) in [5.74, 6) is 1.13. The minimum atomic E-state index is -0.376. The molecule has 0 heterocycles. The summed E-state index contributed by atoms with van der Waals surface area (Å²) in [6.45, 7) is 4.68. The predicted octanol–water partition coefficient (Wildman–Crippen LogP) is 3.59. The van der Waals surface area contributed by atoms with E-state index in [1.165, 1.54) is 0 Å². The molecular weight excluding hydrogens is 264 g/mol. The summed E-state index contributed by atoms with van der Waals surface area (Å²) in [7, 11) is 0. The van der Waals surface area contributed by atoms with Gasteiger partial charge in [0.2, 0.25) is 0 Å². The lowest BCUT2D eigenvalue weighted by molar-refractivity contribution is -0.135. The zero-order valence-electron chi connectivity index (χ0n) is 12.9. The van der Waals surface area contributed by atoms with Crippen molar-refractivity contribution in [2.75, 3.05) is 6.61 Å². The van der Waals surface area contributed by atoms with E-state index in [9.17, 15) is 9.59 Å². The van der Waals surface area contributed by atoms with Crippen molar-refractivity contribution in [1.82, 2.24) is 0 Å². The smallest absolute Gasteiger partial charge is 0.147 e. The summed E-state index contributed by atoms with van der Waals surface area (Å²) >= 11 is 0. The van der Waals surface area contributed by atoms with Crippen LogP contribution in [-0.2, 0) is 16.0 Å². The second-order valence-corrected chi connectivity index (χ2v) is 5.79. The van der Waals surface area contributed by atoms with E-state index in [1.54, 1.807) is 0 Å². The number of hydrogen-bond acceptors (Lipinski definition) is 3. The molecule has 0 aliphatic heterocycles. The molecule has 1 aromatic rings. The van der Waals surface area contributed by atoms with Gasteiger partial charge in [0, 0.05) is 12.8 Å². The molecule has 2 rings (SSSR count). The standard InChI is InChI=1S/C18H24O3/c1-3-13-7-10-16(17(19)11-13)18(20)12-14-5-8-15(9-6-14)21-4-2/h5-6,8-9,13,16H,3-4,7,10-12H2,1-2H3. The van der Waals surface area contributed by atoms with Gasteiger partial charge in [-0.3, -0.25) is 9.59 Å². The van der Waals surface area contributed by atoms with E-state index in [0.717, 1.165) is 30.6 Å². The van der Waals surface area contributed by atoms with Gasteiger partial charge in [0.15, 0.2) is 0 Å². The van der Waals surface area contributed by atoms with Crippen LogP contribution >= 0.6 is 0 Å². The highest BCUT2D eigenvalue weighted by atomic mass is 16.5. The van der Waals surface area contributed by atoms with Crippen molar-refractivity contribution in [3.63, 3.8) is 0 Å². The molecule has 0 radical (unpaired) electrons. The van der Waals surface area contributed by atoms with Crippen molar-refractivity contribution in [3.05, 3.63) is 29.8 Å². The van der Waals surface area contributed by atoms with Crippen molar-refractivity contribution in [1.29, 1.82) is 0 Å². The van der Waals surface area contributed by atoms with Crippen LogP contribution in [0.5, 0.6) is 5.75 Å². The highest BCUT2D eigenvalue weighted by molar-refractivity contribution is 6.03. The fourth-order valence-electron chi connectivity index (χ4n) is 2.98. The number of carbonyl (C=O) groups excluding carboxylic acids is 2. The van der Waals surface area contributed by atoms with Gasteiger partial charge in [0.05, 0.1) is 12.5 Å². The summed E-state index contributed by atoms with van der Waals surface area (Å²) in [6.07, 6.45) is 3.69. The quantitative estimate of drug-likeness (QED) is 0.751. The molecule has 114 valence electrons. The Hall–Kier alpha value is -1.64. The largest absolute Gasteiger partial charge is 0.494 e. The maximum absolute atomic E-state index is 12.3. The fraction of sp³-hybridized carbons (Fsp3) is 0.556. The summed E-state index contributed by atoms with van der Waals surface area (Å²) in [5, 5.41) is 0. The average Bonchev–Trinajstić information content (AvgIpc) is 2.49. The first-order valence-corrected chi connectivity index (χ1v) is 7.91. The second kappa shape index (κ2) is 7.39. The minimum Gasteiger partial charge on any atom is -0.494 e. The topological polar surface area (TPSA) is 43.4 Å². The van der Waals surface area contributed by atoms with Crippen LogP contribution in [0.15, 0.2) is 24.3 Å². The Bertz CT molecular complexity index is 490. The summed E-state index contributed by atoms with van der Waals surface area (Å²) in [6, 6.07) is 7.57. The summed E-state index contributed by atoms with van der Waals surface area (Å²) < 4.78 is 5.38. The molecule has 1 fully saturated rings. The number of rotatable bonds is 6. The SMILES string of the molecule is CCOc1ccc(CC(=O)C2CCC(CC)CC2=O)cc1. The van der Waals surface area contributed by atoms with Gasteiger partial charge in [0.1, 0.15) is 17.3 Å². The van der Waals surface area contributed by atoms with Crippen LogP contribution in [-0.4, -0.2) is 18.2 Å². The minimum absolute atomic E-state index is 0.0683. The highest BCUT2D eigenvalue weighted by Crippen LogP contribution is 2.29. The molecule has 1 aromatic carbocycles. The number of ether oxygens (including phenoxy) is 1. The highest BCUT2D eigenvalue weighted by Gasteiger charge is 2.32. The lowest BCUT2D eigenvalue weighted by Gasteiger charge is -2.25. The van der Waals surface area contributed by atoms with Gasteiger partial charge >= 0.3 is 0 Å². The Balaban J connectivity index is 1.93. The third kappa shape index (κ3) is 4.16. The monoisotopic (exact) mass is 288 g/mol. The van der Waals surface area contributed by atoms with E-state index in [0.29, 0.717) is 25.4 Å². The number of benzene rings is 1.